The molecule has 1 aliphatic carbocycles. The number of hydrogen-bond acceptors (Lipinski definition) is 3. The quantitative estimate of drug-likeness (QED) is 0.768. The van der Waals surface area contributed by atoms with Crippen molar-refractivity contribution in [3.63, 3.8) is 0 Å². The van der Waals surface area contributed by atoms with Crippen LogP contribution in [0.25, 0.3) is 0 Å². The van der Waals surface area contributed by atoms with Crippen LogP contribution < -0.4 is 4.74 Å². The Balaban J connectivity index is 2.14. The molecule has 82 valence electrons. The van der Waals surface area contributed by atoms with Crippen LogP contribution in [0.5, 0.6) is 5.75 Å². The van der Waals surface area contributed by atoms with Crippen LogP contribution in [-0.2, 0) is 9.05 Å². The lowest BCUT2D eigenvalue weighted by atomic mass is 10.1. The van der Waals surface area contributed by atoms with Gasteiger partial charge in [-0.2, -0.15) is 0 Å². The summed E-state index contributed by atoms with van der Waals surface area (Å²) in [7, 11) is 3.48. The van der Waals surface area contributed by atoms with Gasteiger partial charge in [0.15, 0.2) is 0 Å². The molecule has 0 saturated heterocycles. The van der Waals surface area contributed by atoms with Gasteiger partial charge in [-0.3, -0.25) is 0 Å². The minimum Gasteiger partial charge on any atom is -0.497 e. The minimum absolute atomic E-state index is 0.0541. The summed E-state index contributed by atoms with van der Waals surface area (Å²) in [5.74, 6) is 0.822. The van der Waals surface area contributed by atoms with E-state index in [-0.39, 0.29) is 5.92 Å². The summed E-state index contributed by atoms with van der Waals surface area (Å²) in [6.45, 7) is 0. The summed E-state index contributed by atoms with van der Waals surface area (Å²) in [5.41, 5.74) is 1.00. The van der Waals surface area contributed by atoms with Gasteiger partial charge in [0.2, 0.25) is 9.05 Å². The van der Waals surface area contributed by atoms with Crippen LogP contribution in [0.15, 0.2) is 24.3 Å². The molecule has 3 nitrogen and oxygen atoms in total. The third-order valence-electron chi connectivity index (χ3n) is 2.64. The molecule has 2 atom stereocenters. The van der Waals surface area contributed by atoms with E-state index in [9.17, 15) is 8.42 Å². The molecule has 0 aromatic heterocycles. The molecule has 2 rings (SSSR count). The van der Waals surface area contributed by atoms with Crippen LogP contribution in [-0.4, -0.2) is 20.8 Å². The van der Waals surface area contributed by atoms with Crippen LogP contribution in [0.4, 0.5) is 0 Å². The van der Waals surface area contributed by atoms with E-state index in [0.717, 1.165) is 11.3 Å². The van der Waals surface area contributed by atoms with Crippen molar-refractivity contribution in [1.29, 1.82) is 0 Å². The molecule has 1 aromatic rings. The number of benzene rings is 1. The van der Waals surface area contributed by atoms with Gasteiger partial charge in [0.05, 0.1) is 12.4 Å². The van der Waals surface area contributed by atoms with E-state index < -0.39 is 14.3 Å². The first-order valence-corrected chi connectivity index (χ1v) is 6.97. The highest BCUT2D eigenvalue weighted by molar-refractivity contribution is 8.14. The predicted molar refractivity (Wildman–Crippen MR) is 58.9 cm³/mol. The number of hydrogen-bond donors (Lipinski definition) is 0. The molecule has 0 radical (unpaired) electrons. The summed E-state index contributed by atoms with van der Waals surface area (Å²) in [5, 5.41) is -0.410. The molecule has 0 spiro atoms. The van der Waals surface area contributed by atoms with Crippen molar-refractivity contribution >= 4 is 19.7 Å². The molecule has 15 heavy (non-hydrogen) atoms. The first-order chi connectivity index (χ1) is 7.02. The predicted octanol–water partition coefficient (Wildman–Crippen LogP) is 2.12. The Labute approximate surface area is 93.4 Å². The molecule has 5 heteroatoms. The van der Waals surface area contributed by atoms with Gasteiger partial charge < -0.3 is 4.74 Å². The second-order valence-corrected chi connectivity index (χ2v) is 6.48. The third-order valence-corrected chi connectivity index (χ3v) is 4.57. The molecule has 1 aliphatic rings. The van der Waals surface area contributed by atoms with Crippen molar-refractivity contribution < 1.29 is 13.2 Å². The largest absolute Gasteiger partial charge is 0.497 e. The maximum absolute atomic E-state index is 11.0. The van der Waals surface area contributed by atoms with Crippen molar-refractivity contribution in [3.05, 3.63) is 29.8 Å². The van der Waals surface area contributed by atoms with Gasteiger partial charge >= 0.3 is 0 Å². The van der Waals surface area contributed by atoms with E-state index in [1.54, 1.807) is 7.11 Å². The fourth-order valence-corrected chi connectivity index (χ4v) is 3.26. The number of methoxy groups -OCH3 is 1. The molecule has 2 unspecified atom stereocenters. The van der Waals surface area contributed by atoms with E-state index in [4.69, 9.17) is 15.4 Å². The molecule has 0 N–H and O–H groups in total. The van der Waals surface area contributed by atoms with Crippen molar-refractivity contribution in [2.75, 3.05) is 7.11 Å². The number of ether oxygens (including phenoxy) is 1. The Morgan fingerprint density at radius 1 is 1.33 bits per heavy atom. The fourth-order valence-electron chi connectivity index (χ4n) is 1.68. The van der Waals surface area contributed by atoms with Gasteiger partial charge in [-0.25, -0.2) is 8.42 Å². The lowest BCUT2D eigenvalue weighted by Gasteiger charge is -2.01. The van der Waals surface area contributed by atoms with Crippen molar-refractivity contribution in [3.8, 4) is 5.75 Å². The zero-order valence-corrected chi connectivity index (χ0v) is 9.75. The summed E-state index contributed by atoms with van der Waals surface area (Å²) >= 11 is 0. The van der Waals surface area contributed by atoms with Crippen LogP contribution in [0.2, 0.25) is 0 Å². The van der Waals surface area contributed by atoms with Gasteiger partial charge in [-0.15, -0.1) is 0 Å². The molecule has 1 aromatic carbocycles. The van der Waals surface area contributed by atoms with E-state index in [2.05, 4.69) is 0 Å². The SMILES string of the molecule is COc1ccc(C2CC2S(=O)(=O)Cl)cc1. The Morgan fingerprint density at radius 3 is 2.33 bits per heavy atom. The van der Waals surface area contributed by atoms with E-state index >= 15 is 0 Å². The lowest BCUT2D eigenvalue weighted by molar-refractivity contribution is 0.414. The maximum atomic E-state index is 11.0. The Kier molecular flexibility index (Phi) is 2.64. The number of rotatable bonds is 3. The first kappa shape index (κ1) is 10.8. The maximum Gasteiger partial charge on any atom is 0.236 e. The average molecular weight is 247 g/mol. The van der Waals surface area contributed by atoms with Gasteiger partial charge in [-0.1, -0.05) is 12.1 Å². The zero-order valence-electron chi connectivity index (χ0n) is 8.18. The summed E-state index contributed by atoms with van der Waals surface area (Å²) in [4.78, 5) is 0. The standard InChI is InChI=1S/C10H11ClO3S/c1-14-8-4-2-7(3-5-8)9-6-10(9)15(11,12)13/h2-5,9-10H,6H2,1H3. The van der Waals surface area contributed by atoms with E-state index in [0.29, 0.717) is 6.42 Å². The molecular formula is C10H11ClO3S. The second kappa shape index (κ2) is 3.68. The first-order valence-electron chi connectivity index (χ1n) is 4.60. The van der Waals surface area contributed by atoms with E-state index in [1.165, 1.54) is 0 Å². The molecule has 0 aliphatic heterocycles. The average Bonchev–Trinajstić information content (AvgIpc) is 2.97. The summed E-state index contributed by atoms with van der Waals surface area (Å²) in [6.07, 6.45) is 0.623. The summed E-state index contributed by atoms with van der Waals surface area (Å²) < 4.78 is 27.1. The van der Waals surface area contributed by atoms with Gasteiger partial charge in [0.25, 0.3) is 0 Å². The highest BCUT2D eigenvalue weighted by Gasteiger charge is 2.47. The Hall–Kier alpha value is -0.740. The van der Waals surface area contributed by atoms with Gasteiger partial charge in [0, 0.05) is 16.6 Å². The van der Waals surface area contributed by atoms with E-state index in [1.807, 2.05) is 24.3 Å². The van der Waals surface area contributed by atoms with Gasteiger partial charge in [-0.05, 0) is 24.1 Å². The molecule has 1 saturated carbocycles. The van der Waals surface area contributed by atoms with Crippen LogP contribution >= 0.6 is 10.7 Å². The van der Waals surface area contributed by atoms with Crippen molar-refractivity contribution in [2.24, 2.45) is 0 Å². The second-order valence-electron chi connectivity index (χ2n) is 3.63. The fraction of sp³-hybridized carbons (Fsp3) is 0.400. The smallest absolute Gasteiger partial charge is 0.236 e. The number of halogens is 1. The van der Waals surface area contributed by atoms with Crippen LogP contribution in [0.3, 0.4) is 0 Å². The minimum atomic E-state index is -3.40. The van der Waals surface area contributed by atoms with Crippen LogP contribution in [0.1, 0.15) is 17.9 Å². The molecular weight excluding hydrogens is 236 g/mol. The molecule has 0 amide bonds. The topological polar surface area (TPSA) is 43.4 Å². The van der Waals surface area contributed by atoms with Gasteiger partial charge in [0.1, 0.15) is 5.75 Å². The Morgan fingerprint density at radius 2 is 1.93 bits per heavy atom. The highest BCUT2D eigenvalue weighted by Crippen LogP contribution is 2.47. The zero-order chi connectivity index (χ0) is 11.1. The molecule has 0 bridgehead atoms. The van der Waals surface area contributed by atoms with Crippen molar-refractivity contribution in [1.82, 2.24) is 0 Å². The summed E-state index contributed by atoms with van der Waals surface area (Å²) in [6, 6.07) is 7.41. The lowest BCUT2D eigenvalue weighted by Crippen LogP contribution is -1.99. The van der Waals surface area contributed by atoms with Crippen molar-refractivity contribution in [2.45, 2.75) is 17.6 Å². The highest BCUT2D eigenvalue weighted by atomic mass is 35.7. The molecule has 0 heterocycles. The normalized spacial score (nSPS) is 24.9. The monoisotopic (exact) mass is 246 g/mol. The van der Waals surface area contributed by atoms with Crippen LogP contribution in [0, 0.1) is 0 Å². The molecule has 1 fully saturated rings. The Bertz CT molecular complexity index is 452. The third kappa shape index (κ3) is 2.26.